The van der Waals surface area contributed by atoms with E-state index in [9.17, 15) is 4.39 Å². The molecule has 0 saturated carbocycles. The van der Waals surface area contributed by atoms with Gasteiger partial charge in [0.25, 0.3) is 0 Å². The molecule has 1 saturated heterocycles. The van der Waals surface area contributed by atoms with Crippen molar-refractivity contribution >= 4 is 0 Å². The van der Waals surface area contributed by atoms with E-state index in [0.717, 1.165) is 18.5 Å². The van der Waals surface area contributed by atoms with Gasteiger partial charge in [-0.25, -0.2) is 4.39 Å². The third-order valence-corrected chi connectivity index (χ3v) is 4.47. The Morgan fingerprint density at radius 2 is 2.11 bits per heavy atom. The van der Waals surface area contributed by atoms with E-state index in [-0.39, 0.29) is 11.9 Å². The molecule has 0 spiro atoms. The first kappa shape index (κ1) is 14.5. The van der Waals surface area contributed by atoms with Crippen molar-refractivity contribution in [1.29, 1.82) is 0 Å². The molecule has 1 aromatic carbocycles. The van der Waals surface area contributed by atoms with Gasteiger partial charge in [0.05, 0.1) is 0 Å². The second-order valence-corrected chi connectivity index (χ2v) is 5.92. The number of rotatable bonds is 5. The largest absolute Gasteiger partial charge is 0.309 e. The van der Waals surface area contributed by atoms with Gasteiger partial charge in [-0.3, -0.25) is 0 Å². The molecule has 1 aliphatic heterocycles. The van der Waals surface area contributed by atoms with Crippen LogP contribution in [0.1, 0.15) is 64.0 Å². The van der Waals surface area contributed by atoms with Gasteiger partial charge in [-0.1, -0.05) is 38.8 Å². The maximum Gasteiger partial charge on any atom is 0.128 e. The molecule has 2 heteroatoms. The van der Waals surface area contributed by atoms with E-state index in [2.05, 4.69) is 25.2 Å². The number of halogens is 1. The zero-order valence-electron chi connectivity index (χ0n) is 12.1. The SMILES string of the molecule is CCCC1(CCC)CCC(c2cc[c]cc2F)NC1. The molecular formula is C17H25FN. The first-order valence-electron chi connectivity index (χ1n) is 7.59. The first-order valence-corrected chi connectivity index (χ1v) is 7.59. The summed E-state index contributed by atoms with van der Waals surface area (Å²) in [5.74, 6) is -0.126. The van der Waals surface area contributed by atoms with Crippen molar-refractivity contribution in [3.8, 4) is 0 Å². The minimum Gasteiger partial charge on any atom is -0.309 e. The van der Waals surface area contributed by atoms with Crippen LogP contribution in [0.3, 0.4) is 0 Å². The van der Waals surface area contributed by atoms with Crippen molar-refractivity contribution in [1.82, 2.24) is 5.32 Å². The smallest absolute Gasteiger partial charge is 0.128 e. The summed E-state index contributed by atoms with van der Waals surface area (Å²) in [6.07, 6.45) is 7.30. The molecule has 1 nitrogen and oxygen atoms in total. The van der Waals surface area contributed by atoms with Crippen LogP contribution in [0, 0.1) is 17.3 Å². The molecular weight excluding hydrogens is 237 g/mol. The number of benzene rings is 1. The van der Waals surface area contributed by atoms with Gasteiger partial charge in [0.15, 0.2) is 0 Å². The molecule has 2 rings (SSSR count). The highest BCUT2D eigenvalue weighted by Crippen LogP contribution is 2.41. The molecule has 105 valence electrons. The molecule has 1 heterocycles. The normalized spacial score (nSPS) is 22.4. The summed E-state index contributed by atoms with van der Waals surface area (Å²) in [5.41, 5.74) is 1.25. The first-order chi connectivity index (χ1) is 9.21. The Hall–Kier alpha value is -0.890. The Labute approximate surface area is 116 Å². The van der Waals surface area contributed by atoms with E-state index < -0.39 is 0 Å². The van der Waals surface area contributed by atoms with Gasteiger partial charge in [0.1, 0.15) is 5.82 Å². The van der Waals surface area contributed by atoms with Crippen LogP contribution in [0.25, 0.3) is 0 Å². The van der Waals surface area contributed by atoms with E-state index in [1.807, 2.05) is 6.07 Å². The van der Waals surface area contributed by atoms with E-state index in [0.29, 0.717) is 5.41 Å². The molecule has 1 radical (unpaired) electrons. The van der Waals surface area contributed by atoms with Crippen LogP contribution in [0.2, 0.25) is 0 Å². The summed E-state index contributed by atoms with van der Waals surface area (Å²) in [5, 5.41) is 3.58. The summed E-state index contributed by atoms with van der Waals surface area (Å²) < 4.78 is 13.8. The van der Waals surface area contributed by atoms with Crippen LogP contribution in [0.4, 0.5) is 4.39 Å². The lowest BCUT2D eigenvalue weighted by atomic mass is 9.72. The van der Waals surface area contributed by atoms with Crippen molar-refractivity contribution in [2.24, 2.45) is 5.41 Å². The topological polar surface area (TPSA) is 12.0 Å². The molecule has 1 fully saturated rings. The van der Waals surface area contributed by atoms with Crippen LogP contribution >= 0.6 is 0 Å². The van der Waals surface area contributed by atoms with Crippen LogP contribution in [-0.4, -0.2) is 6.54 Å². The van der Waals surface area contributed by atoms with Gasteiger partial charge in [-0.2, -0.15) is 0 Å². The molecule has 1 aromatic rings. The van der Waals surface area contributed by atoms with E-state index in [1.54, 1.807) is 6.07 Å². The van der Waals surface area contributed by atoms with Crippen molar-refractivity contribution in [3.63, 3.8) is 0 Å². The Morgan fingerprint density at radius 3 is 2.63 bits per heavy atom. The van der Waals surface area contributed by atoms with Gasteiger partial charge in [0.2, 0.25) is 0 Å². The van der Waals surface area contributed by atoms with Crippen molar-refractivity contribution in [3.05, 3.63) is 35.6 Å². The van der Waals surface area contributed by atoms with Crippen LogP contribution in [0.5, 0.6) is 0 Å². The van der Waals surface area contributed by atoms with Crippen LogP contribution in [-0.2, 0) is 0 Å². The monoisotopic (exact) mass is 262 g/mol. The molecule has 0 bridgehead atoms. The maximum atomic E-state index is 13.8. The van der Waals surface area contributed by atoms with Crippen molar-refractivity contribution in [2.45, 2.75) is 58.4 Å². The summed E-state index contributed by atoms with van der Waals surface area (Å²) in [6, 6.07) is 8.08. The van der Waals surface area contributed by atoms with Crippen LogP contribution in [0.15, 0.2) is 18.2 Å². The Kier molecular flexibility index (Phi) is 4.98. The standard InChI is InChI=1S/C17H25FN/c1-3-10-17(11-4-2)12-9-16(19-13-17)14-7-5-6-8-15(14)18/h5,7-8,16,19H,3-4,9-13H2,1-2H3. The van der Waals surface area contributed by atoms with Crippen molar-refractivity contribution < 1.29 is 4.39 Å². The molecule has 0 aliphatic carbocycles. The fourth-order valence-electron chi connectivity index (χ4n) is 3.56. The van der Waals surface area contributed by atoms with Gasteiger partial charge >= 0.3 is 0 Å². The maximum absolute atomic E-state index is 13.8. The molecule has 0 aromatic heterocycles. The molecule has 1 N–H and O–H groups in total. The quantitative estimate of drug-likeness (QED) is 0.815. The Morgan fingerprint density at radius 1 is 1.37 bits per heavy atom. The molecule has 19 heavy (non-hydrogen) atoms. The third-order valence-electron chi connectivity index (χ3n) is 4.47. The average molecular weight is 262 g/mol. The zero-order chi connectivity index (χ0) is 13.7. The Bertz CT molecular complexity index is 386. The van der Waals surface area contributed by atoms with Crippen LogP contribution < -0.4 is 5.32 Å². The number of nitrogens with one attached hydrogen (secondary N) is 1. The van der Waals surface area contributed by atoms with E-state index in [1.165, 1.54) is 38.2 Å². The molecule has 1 unspecified atom stereocenters. The molecule has 0 amide bonds. The minimum absolute atomic E-state index is 0.126. The second kappa shape index (κ2) is 6.51. The lowest BCUT2D eigenvalue weighted by Crippen LogP contribution is -2.42. The summed E-state index contributed by atoms with van der Waals surface area (Å²) in [4.78, 5) is 0. The molecule has 1 aliphatic rings. The molecule has 1 atom stereocenters. The highest BCUT2D eigenvalue weighted by molar-refractivity contribution is 5.21. The summed E-state index contributed by atoms with van der Waals surface area (Å²) >= 11 is 0. The van der Waals surface area contributed by atoms with Crippen molar-refractivity contribution in [2.75, 3.05) is 6.54 Å². The van der Waals surface area contributed by atoms with E-state index >= 15 is 0 Å². The summed E-state index contributed by atoms with van der Waals surface area (Å²) in [7, 11) is 0. The highest BCUT2D eigenvalue weighted by Gasteiger charge is 2.34. The second-order valence-electron chi connectivity index (χ2n) is 5.92. The highest BCUT2D eigenvalue weighted by atomic mass is 19.1. The van der Waals surface area contributed by atoms with Gasteiger partial charge in [-0.05, 0) is 43.2 Å². The fraction of sp³-hybridized carbons (Fsp3) is 0.647. The number of piperidine rings is 1. The fourth-order valence-corrected chi connectivity index (χ4v) is 3.56. The van der Waals surface area contributed by atoms with Gasteiger partial charge in [0, 0.05) is 18.2 Å². The van der Waals surface area contributed by atoms with Gasteiger partial charge < -0.3 is 5.32 Å². The number of hydrogen-bond acceptors (Lipinski definition) is 1. The van der Waals surface area contributed by atoms with Gasteiger partial charge in [-0.15, -0.1) is 0 Å². The predicted octanol–water partition coefficient (Wildman–Crippen LogP) is 4.64. The predicted molar refractivity (Wildman–Crippen MR) is 77.5 cm³/mol. The summed E-state index contributed by atoms with van der Waals surface area (Å²) in [6.45, 7) is 5.55. The number of hydrogen-bond donors (Lipinski definition) is 1. The lowest BCUT2D eigenvalue weighted by molar-refractivity contribution is 0.145. The zero-order valence-corrected chi connectivity index (χ0v) is 12.1. The minimum atomic E-state index is -0.126. The van der Waals surface area contributed by atoms with E-state index in [4.69, 9.17) is 0 Å². The Balaban J connectivity index is 2.03. The average Bonchev–Trinajstić information content (AvgIpc) is 2.41. The third kappa shape index (κ3) is 3.36. The lowest BCUT2D eigenvalue weighted by Gasteiger charge is -2.41.